The van der Waals surface area contributed by atoms with Gasteiger partial charge in [0.1, 0.15) is 13.2 Å². The summed E-state index contributed by atoms with van der Waals surface area (Å²) in [7, 11) is 0. The van der Waals surface area contributed by atoms with Crippen molar-refractivity contribution in [3.8, 4) is 0 Å². The monoisotopic (exact) mass is 1070 g/mol. The normalized spacial score (nSPS) is 12.7. The van der Waals surface area contributed by atoms with E-state index in [1.807, 2.05) is 6.08 Å². The number of rotatable bonds is 59. The van der Waals surface area contributed by atoms with Crippen molar-refractivity contribution in [1.82, 2.24) is 0 Å². The van der Waals surface area contributed by atoms with Crippen LogP contribution in [0.3, 0.4) is 0 Å². The topological polar surface area (TPSA) is 78.9 Å². The first-order chi connectivity index (χ1) is 38.0. The molecule has 77 heavy (non-hydrogen) atoms. The molecule has 0 aliphatic heterocycles. The fraction of sp³-hybridized carbons (Fsp3) is 0.732. The number of unbranched alkanes of at least 4 members (excludes halogenated alkanes) is 32. The van der Waals surface area contributed by atoms with Crippen molar-refractivity contribution < 1.29 is 28.6 Å². The molecule has 0 heterocycles. The molecular formula is C71H122O6. The molecule has 442 valence electrons. The van der Waals surface area contributed by atoms with Gasteiger partial charge in [0.15, 0.2) is 6.10 Å². The first kappa shape index (κ1) is 73.3. The van der Waals surface area contributed by atoms with E-state index in [1.165, 1.54) is 193 Å². The molecule has 0 aromatic carbocycles. The van der Waals surface area contributed by atoms with Gasteiger partial charge in [-0.3, -0.25) is 14.4 Å². The molecule has 0 amide bonds. The van der Waals surface area contributed by atoms with Crippen molar-refractivity contribution in [2.24, 2.45) is 0 Å². The lowest BCUT2D eigenvalue weighted by Crippen LogP contribution is -2.30. The van der Waals surface area contributed by atoms with Gasteiger partial charge in [-0.1, -0.05) is 285 Å². The van der Waals surface area contributed by atoms with Gasteiger partial charge in [-0.15, -0.1) is 0 Å². The summed E-state index contributed by atoms with van der Waals surface area (Å²) in [5.74, 6) is -0.981. The van der Waals surface area contributed by atoms with Crippen molar-refractivity contribution in [2.45, 2.75) is 322 Å². The molecule has 6 nitrogen and oxygen atoms in total. The van der Waals surface area contributed by atoms with Gasteiger partial charge in [0, 0.05) is 19.3 Å². The second-order valence-corrected chi connectivity index (χ2v) is 21.6. The molecule has 0 rings (SSSR count). The highest BCUT2D eigenvalue weighted by Gasteiger charge is 2.19. The summed E-state index contributed by atoms with van der Waals surface area (Å²) >= 11 is 0. The third kappa shape index (κ3) is 63.0. The average molecular weight is 1070 g/mol. The molecule has 0 saturated heterocycles. The van der Waals surface area contributed by atoms with Crippen molar-refractivity contribution in [3.63, 3.8) is 0 Å². The van der Waals surface area contributed by atoms with E-state index in [-0.39, 0.29) is 37.5 Å². The van der Waals surface area contributed by atoms with E-state index in [2.05, 4.69) is 112 Å². The Bertz CT molecular complexity index is 1510. The van der Waals surface area contributed by atoms with Crippen molar-refractivity contribution in [1.29, 1.82) is 0 Å². The summed E-state index contributed by atoms with van der Waals surface area (Å²) in [6.45, 7) is 6.46. The first-order valence-corrected chi connectivity index (χ1v) is 32.7. The fourth-order valence-electron chi connectivity index (χ4n) is 9.17. The van der Waals surface area contributed by atoms with Gasteiger partial charge in [0.05, 0.1) is 0 Å². The smallest absolute Gasteiger partial charge is 0.306 e. The molecule has 0 aliphatic rings. The highest BCUT2D eigenvalue weighted by atomic mass is 16.6. The molecule has 0 N–H and O–H groups in total. The minimum Gasteiger partial charge on any atom is -0.462 e. The van der Waals surface area contributed by atoms with Crippen molar-refractivity contribution in [3.05, 3.63) is 97.2 Å². The van der Waals surface area contributed by atoms with Crippen LogP contribution in [-0.2, 0) is 28.6 Å². The van der Waals surface area contributed by atoms with E-state index in [9.17, 15) is 14.4 Å². The van der Waals surface area contributed by atoms with Crippen LogP contribution in [0.5, 0.6) is 0 Å². The maximum absolute atomic E-state index is 12.9. The third-order valence-corrected chi connectivity index (χ3v) is 14.1. The molecule has 0 spiro atoms. The number of carbonyl (C=O) groups is 3. The molecule has 0 aromatic rings. The zero-order valence-corrected chi connectivity index (χ0v) is 50.7. The van der Waals surface area contributed by atoms with Crippen LogP contribution in [0.15, 0.2) is 97.2 Å². The van der Waals surface area contributed by atoms with Gasteiger partial charge in [0.2, 0.25) is 0 Å². The lowest BCUT2D eigenvalue weighted by Gasteiger charge is -2.18. The zero-order chi connectivity index (χ0) is 55.7. The highest BCUT2D eigenvalue weighted by molar-refractivity contribution is 5.71. The number of carbonyl (C=O) groups excluding carboxylic acids is 3. The largest absolute Gasteiger partial charge is 0.462 e. The second-order valence-electron chi connectivity index (χ2n) is 21.6. The number of hydrogen-bond donors (Lipinski definition) is 0. The van der Waals surface area contributed by atoms with Crippen LogP contribution in [0.2, 0.25) is 0 Å². The SMILES string of the molecule is CC/C=C\C/C=C\C/C=C\C/C=C\CCC(=O)OCC(COC(=O)CCCCCCCCCCCCCCC/C=C\C/C=C\CCCCCCC)OC(=O)CCCCCCCCCCC/C=C\C/C=C\CCCCCCC. The average Bonchev–Trinajstić information content (AvgIpc) is 3.43. The number of esters is 3. The lowest BCUT2D eigenvalue weighted by molar-refractivity contribution is -0.166. The fourth-order valence-corrected chi connectivity index (χ4v) is 9.17. The quantitative estimate of drug-likeness (QED) is 0.0261. The van der Waals surface area contributed by atoms with Crippen LogP contribution >= 0.6 is 0 Å². The Morgan fingerprint density at radius 2 is 0.532 bits per heavy atom. The molecule has 1 atom stereocenters. The van der Waals surface area contributed by atoms with Crippen LogP contribution in [-0.4, -0.2) is 37.2 Å². The standard InChI is InChI=1S/C71H122O6/c1-4-7-10-13-16-19-22-25-27-29-31-33-34-35-36-38-39-41-43-46-49-52-55-58-61-64-70(73)76-67-68(66-75-69(72)63-60-57-54-51-48-45-24-21-18-15-12-9-6-3)77-71(74)65-62-59-56-53-50-47-44-42-40-37-32-30-28-26-23-20-17-14-11-8-5-2/h9,12,18,21-23,25-26,29-32,45,48,54,57,68H,4-8,10-11,13-17,19-20,24,27-28,33-44,46-47,49-53,55-56,58-67H2,1-3H3/b12-9-,21-18-,25-22-,26-23-,31-29-,32-30-,48-45-,57-54-. The van der Waals surface area contributed by atoms with E-state index in [1.54, 1.807) is 0 Å². The van der Waals surface area contributed by atoms with Gasteiger partial charge in [-0.05, 0) is 109 Å². The van der Waals surface area contributed by atoms with Crippen LogP contribution in [0, 0.1) is 0 Å². The van der Waals surface area contributed by atoms with Crippen molar-refractivity contribution >= 4 is 17.9 Å². The van der Waals surface area contributed by atoms with Gasteiger partial charge in [0.25, 0.3) is 0 Å². The van der Waals surface area contributed by atoms with Gasteiger partial charge < -0.3 is 14.2 Å². The molecule has 1 unspecified atom stereocenters. The van der Waals surface area contributed by atoms with Crippen LogP contribution in [0.4, 0.5) is 0 Å². The van der Waals surface area contributed by atoms with E-state index >= 15 is 0 Å². The Hall–Kier alpha value is -3.67. The Morgan fingerprint density at radius 1 is 0.273 bits per heavy atom. The molecule has 0 fully saturated rings. The zero-order valence-electron chi connectivity index (χ0n) is 50.7. The van der Waals surface area contributed by atoms with Gasteiger partial charge in [-0.2, -0.15) is 0 Å². The summed E-state index contributed by atoms with van der Waals surface area (Å²) in [5, 5.41) is 0. The number of hydrogen-bond acceptors (Lipinski definition) is 6. The van der Waals surface area contributed by atoms with E-state index in [0.717, 1.165) is 77.0 Å². The van der Waals surface area contributed by atoms with Crippen LogP contribution < -0.4 is 0 Å². The van der Waals surface area contributed by atoms with Crippen molar-refractivity contribution in [2.75, 3.05) is 13.2 Å². The summed E-state index contributed by atoms with van der Waals surface area (Å²) in [6, 6.07) is 0. The van der Waals surface area contributed by atoms with Crippen LogP contribution in [0.1, 0.15) is 316 Å². The molecule has 0 aromatic heterocycles. The maximum Gasteiger partial charge on any atom is 0.306 e. The maximum atomic E-state index is 12.9. The van der Waals surface area contributed by atoms with E-state index in [4.69, 9.17) is 14.2 Å². The molecule has 0 saturated carbocycles. The van der Waals surface area contributed by atoms with Crippen LogP contribution in [0.25, 0.3) is 0 Å². The summed E-state index contributed by atoms with van der Waals surface area (Å²) < 4.78 is 16.9. The Kier molecular flexibility index (Phi) is 61.8. The van der Waals surface area contributed by atoms with E-state index in [0.29, 0.717) is 19.3 Å². The number of ether oxygens (including phenoxy) is 3. The lowest BCUT2D eigenvalue weighted by atomic mass is 10.0. The highest BCUT2D eigenvalue weighted by Crippen LogP contribution is 2.16. The van der Waals surface area contributed by atoms with E-state index < -0.39 is 6.10 Å². The third-order valence-electron chi connectivity index (χ3n) is 14.1. The molecule has 0 aliphatic carbocycles. The molecule has 6 heteroatoms. The minimum atomic E-state index is -0.811. The molecule has 0 radical (unpaired) electrons. The molecule has 0 bridgehead atoms. The summed E-state index contributed by atoms with van der Waals surface area (Å²) in [6.07, 6.45) is 87.2. The predicted octanol–water partition coefficient (Wildman–Crippen LogP) is 22.4. The van der Waals surface area contributed by atoms with Gasteiger partial charge >= 0.3 is 17.9 Å². The Labute approximate surface area is 477 Å². The number of allylic oxidation sites excluding steroid dienone is 16. The second kappa shape index (κ2) is 64.9. The Morgan fingerprint density at radius 3 is 0.870 bits per heavy atom. The summed E-state index contributed by atoms with van der Waals surface area (Å²) in [4.78, 5) is 38.3. The van der Waals surface area contributed by atoms with Gasteiger partial charge in [-0.25, -0.2) is 0 Å². The summed E-state index contributed by atoms with van der Waals surface area (Å²) in [5.41, 5.74) is 0. The minimum absolute atomic E-state index is 0.101. The predicted molar refractivity (Wildman–Crippen MR) is 334 cm³/mol. The molecular weight excluding hydrogens is 949 g/mol. The Balaban J connectivity index is 4.34. The first-order valence-electron chi connectivity index (χ1n) is 32.7.